The molecule has 0 amide bonds. The van der Waals surface area contributed by atoms with Crippen LogP contribution in [-0.4, -0.2) is 37.6 Å². The predicted octanol–water partition coefficient (Wildman–Crippen LogP) is 3.19. The molecule has 0 heterocycles. The Balaban J connectivity index is 1.91. The highest BCUT2D eigenvalue weighted by Gasteiger charge is 2.13. The van der Waals surface area contributed by atoms with Crippen molar-refractivity contribution in [2.75, 3.05) is 14.2 Å². The summed E-state index contributed by atoms with van der Waals surface area (Å²) in [5, 5.41) is 11.1. The second-order valence-corrected chi connectivity index (χ2v) is 5.45. The summed E-state index contributed by atoms with van der Waals surface area (Å²) >= 11 is 0. The molecular formula is C19H21N3O4. The molecule has 0 aliphatic heterocycles. The predicted molar refractivity (Wildman–Crippen MR) is 101 cm³/mol. The molecular weight excluding hydrogens is 334 g/mol. The van der Waals surface area contributed by atoms with Crippen LogP contribution in [0.4, 0.5) is 0 Å². The zero-order valence-electron chi connectivity index (χ0n) is 14.7. The zero-order valence-corrected chi connectivity index (χ0v) is 14.7. The lowest BCUT2D eigenvalue weighted by atomic mass is 10.2. The summed E-state index contributed by atoms with van der Waals surface area (Å²) in [6.07, 6.45) is 2.61. The van der Waals surface area contributed by atoms with Gasteiger partial charge in [0.05, 0.1) is 39.7 Å². The van der Waals surface area contributed by atoms with Crippen molar-refractivity contribution < 1.29 is 14.4 Å². The second kappa shape index (κ2) is 9.93. The van der Waals surface area contributed by atoms with Gasteiger partial charge in [0, 0.05) is 4.92 Å². The molecule has 26 heavy (non-hydrogen) atoms. The van der Waals surface area contributed by atoms with Crippen molar-refractivity contribution in [3.63, 3.8) is 0 Å². The standard InChI is InChI=1S/C19H21N3O4/c1-25-18-7-3-15(4-8-18)11-20-13-17(22(23)24)14-21-12-16-5-9-19(26-2)10-6-16/h3-10,13-14,17H,11-12H2,1-2H3/b20-13+,21-14?. The van der Waals surface area contributed by atoms with Crippen LogP contribution in [0.3, 0.4) is 0 Å². The van der Waals surface area contributed by atoms with E-state index in [0.29, 0.717) is 13.1 Å². The van der Waals surface area contributed by atoms with Gasteiger partial charge in [-0.25, -0.2) is 0 Å². The number of nitrogens with zero attached hydrogens (tertiary/aromatic N) is 3. The van der Waals surface area contributed by atoms with Gasteiger partial charge in [-0.15, -0.1) is 0 Å². The first-order valence-corrected chi connectivity index (χ1v) is 8.01. The minimum absolute atomic E-state index is 0.362. The molecule has 2 aromatic rings. The number of nitro groups is 1. The van der Waals surface area contributed by atoms with Gasteiger partial charge in [-0.1, -0.05) is 24.3 Å². The normalized spacial score (nSPS) is 12.4. The van der Waals surface area contributed by atoms with Crippen LogP contribution in [0.15, 0.2) is 58.5 Å². The number of ether oxygens (including phenoxy) is 2. The van der Waals surface area contributed by atoms with Gasteiger partial charge in [-0.3, -0.25) is 20.1 Å². The van der Waals surface area contributed by atoms with E-state index in [1.165, 1.54) is 12.4 Å². The molecule has 0 aromatic heterocycles. The van der Waals surface area contributed by atoms with Crippen LogP contribution in [0, 0.1) is 10.1 Å². The summed E-state index contributed by atoms with van der Waals surface area (Å²) in [6.45, 7) is 0.724. The molecule has 0 aliphatic rings. The third kappa shape index (κ3) is 6.01. The van der Waals surface area contributed by atoms with E-state index in [1.54, 1.807) is 14.2 Å². The van der Waals surface area contributed by atoms with Gasteiger partial charge in [0.25, 0.3) is 6.04 Å². The Hall–Kier alpha value is -3.22. The summed E-state index contributed by atoms with van der Waals surface area (Å²) < 4.78 is 10.2. The van der Waals surface area contributed by atoms with E-state index in [-0.39, 0.29) is 0 Å². The average Bonchev–Trinajstić information content (AvgIpc) is 2.67. The molecule has 0 fully saturated rings. The minimum atomic E-state index is -1.05. The fourth-order valence-electron chi connectivity index (χ4n) is 2.14. The van der Waals surface area contributed by atoms with E-state index in [4.69, 9.17) is 9.47 Å². The Labute approximate surface area is 152 Å². The van der Waals surface area contributed by atoms with Crippen molar-refractivity contribution in [2.24, 2.45) is 9.98 Å². The maximum Gasteiger partial charge on any atom is 0.282 e. The quantitative estimate of drug-likeness (QED) is 0.393. The Morgan fingerprint density at radius 3 is 1.58 bits per heavy atom. The largest absolute Gasteiger partial charge is 0.497 e. The summed E-state index contributed by atoms with van der Waals surface area (Å²) in [4.78, 5) is 19.0. The number of aliphatic imine (C=N–C) groups is 2. The lowest BCUT2D eigenvalue weighted by Crippen LogP contribution is -2.22. The number of methoxy groups -OCH3 is 2. The summed E-state index contributed by atoms with van der Waals surface area (Å²) in [5.74, 6) is 1.51. The molecule has 0 N–H and O–H groups in total. The van der Waals surface area contributed by atoms with E-state index in [0.717, 1.165) is 22.6 Å². The Bertz CT molecular complexity index is 696. The van der Waals surface area contributed by atoms with E-state index < -0.39 is 11.0 Å². The van der Waals surface area contributed by atoms with E-state index in [1.807, 2.05) is 48.5 Å². The molecule has 1 unspecified atom stereocenters. The minimum Gasteiger partial charge on any atom is -0.497 e. The van der Waals surface area contributed by atoms with Gasteiger partial charge in [-0.2, -0.15) is 0 Å². The number of benzene rings is 2. The van der Waals surface area contributed by atoms with Crippen LogP contribution >= 0.6 is 0 Å². The zero-order chi connectivity index (χ0) is 18.8. The third-order valence-electron chi connectivity index (χ3n) is 3.63. The topological polar surface area (TPSA) is 86.3 Å². The molecule has 2 aromatic carbocycles. The van der Waals surface area contributed by atoms with Gasteiger partial charge >= 0.3 is 0 Å². The third-order valence-corrected chi connectivity index (χ3v) is 3.63. The molecule has 0 aliphatic carbocycles. The molecule has 0 radical (unpaired) electrons. The highest BCUT2D eigenvalue weighted by molar-refractivity contribution is 5.86. The lowest BCUT2D eigenvalue weighted by Gasteiger charge is -2.02. The van der Waals surface area contributed by atoms with Gasteiger partial charge in [0.1, 0.15) is 11.5 Å². The van der Waals surface area contributed by atoms with E-state index in [2.05, 4.69) is 9.98 Å². The molecule has 0 saturated heterocycles. The van der Waals surface area contributed by atoms with Crippen LogP contribution < -0.4 is 9.47 Å². The fraction of sp³-hybridized carbons (Fsp3) is 0.263. The summed E-state index contributed by atoms with van der Waals surface area (Å²) in [7, 11) is 3.19. The Kier molecular flexibility index (Phi) is 7.30. The average molecular weight is 355 g/mol. The smallest absolute Gasteiger partial charge is 0.282 e. The van der Waals surface area contributed by atoms with Gasteiger partial charge in [-0.05, 0) is 35.4 Å². The van der Waals surface area contributed by atoms with Crippen molar-refractivity contribution in [3.8, 4) is 11.5 Å². The first-order chi connectivity index (χ1) is 12.6. The SMILES string of the molecule is COc1ccc(CN=CC(/C=N/Cc2ccc(OC)cc2)[N+](=O)[O-])cc1. The molecule has 7 heteroatoms. The van der Waals surface area contributed by atoms with Crippen LogP contribution in [0.2, 0.25) is 0 Å². The lowest BCUT2D eigenvalue weighted by molar-refractivity contribution is -0.482. The van der Waals surface area contributed by atoms with Gasteiger partial charge in [0.2, 0.25) is 0 Å². The fourth-order valence-corrected chi connectivity index (χ4v) is 2.14. The molecule has 136 valence electrons. The highest BCUT2D eigenvalue weighted by Crippen LogP contribution is 2.12. The Morgan fingerprint density at radius 2 is 1.27 bits per heavy atom. The summed E-state index contributed by atoms with van der Waals surface area (Å²) in [6, 6.07) is 13.7. The van der Waals surface area contributed by atoms with E-state index >= 15 is 0 Å². The summed E-state index contributed by atoms with van der Waals surface area (Å²) in [5.41, 5.74) is 1.89. The monoisotopic (exact) mass is 355 g/mol. The first kappa shape index (κ1) is 19.1. The highest BCUT2D eigenvalue weighted by atomic mass is 16.6. The van der Waals surface area contributed by atoms with Crippen molar-refractivity contribution in [2.45, 2.75) is 19.1 Å². The van der Waals surface area contributed by atoms with Gasteiger partial charge in [0.15, 0.2) is 0 Å². The number of rotatable bonds is 9. The van der Waals surface area contributed by atoms with Crippen LogP contribution in [0.5, 0.6) is 11.5 Å². The molecule has 2 rings (SSSR count). The molecule has 0 spiro atoms. The molecule has 1 atom stereocenters. The maximum absolute atomic E-state index is 11.1. The second-order valence-electron chi connectivity index (χ2n) is 5.45. The van der Waals surface area contributed by atoms with Gasteiger partial charge < -0.3 is 9.47 Å². The number of hydrogen-bond donors (Lipinski definition) is 0. The first-order valence-electron chi connectivity index (χ1n) is 8.01. The molecule has 0 bridgehead atoms. The van der Waals surface area contributed by atoms with Crippen molar-refractivity contribution in [1.82, 2.24) is 0 Å². The maximum atomic E-state index is 11.1. The van der Waals surface area contributed by atoms with Crippen molar-refractivity contribution >= 4 is 12.4 Å². The number of hydrogen-bond acceptors (Lipinski definition) is 6. The van der Waals surface area contributed by atoms with Crippen LogP contribution in [-0.2, 0) is 13.1 Å². The Morgan fingerprint density at radius 1 is 0.885 bits per heavy atom. The van der Waals surface area contributed by atoms with Crippen LogP contribution in [0.25, 0.3) is 0 Å². The van der Waals surface area contributed by atoms with E-state index in [9.17, 15) is 10.1 Å². The molecule has 7 nitrogen and oxygen atoms in total. The van der Waals surface area contributed by atoms with Crippen LogP contribution in [0.1, 0.15) is 11.1 Å². The van der Waals surface area contributed by atoms with Crippen molar-refractivity contribution in [3.05, 3.63) is 69.8 Å². The van der Waals surface area contributed by atoms with Crippen molar-refractivity contribution in [1.29, 1.82) is 0 Å². The molecule has 0 saturated carbocycles.